The Kier molecular flexibility index (Phi) is 5.95. The zero-order valence-electron chi connectivity index (χ0n) is 13.9. The summed E-state index contributed by atoms with van der Waals surface area (Å²) in [5.74, 6) is 0.166. The van der Waals surface area contributed by atoms with Gasteiger partial charge in [-0.2, -0.15) is 0 Å². The number of aliphatic imine (C=N–C) groups is 1. The molecule has 8 heteroatoms. The first-order valence-corrected chi connectivity index (χ1v) is 9.47. The highest BCUT2D eigenvalue weighted by Gasteiger charge is 2.32. The van der Waals surface area contributed by atoms with Gasteiger partial charge < -0.3 is 15.4 Å². The summed E-state index contributed by atoms with van der Waals surface area (Å²) in [7, 11) is 1.56. The molecule has 0 unspecified atom stereocenters. The van der Waals surface area contributed by atoms with E-state index in [-0.39, 0.29) is 18.2 Å². The van der Waals surface area contributed by atoms with Crippen LogP contribution in [0.2, 0.25) is 0 Å². The number of hydrogen-bond acceptors (Lipinski definition) is 5. The number of rotatable bonds is 5. The molecule has 0 aromatic heterocycles. The Morgan fingerprint density at radius 1 is 1.27 bits per heavy atom. The molecule has 1 aliphatic rings. The summed E-state index contributed by atoms with van der Waals surface area (Å²) in [5, 5.41) is 5.44. The number of methoxy groups -OCH3 is 1. The predicted octanol–water partition coefficient (Wildman–Crippen LogP) is 3.71. The Balaban J connectivity index is 1.63. The van der Waals surface area contributed by atoms with Crippen molar-refractivity contribution < 1.29 is 14.3 Å². The number of benzene rings is 2. The second kappa shape index (κ2) is 8.37. The molecule has 1 atom stereocenters. The van der Waals surface area contributed by atoms with Crippen molar-refractivity contribution >= 4 is 56.0 Å². The molecule has 134 valence electrons. The number of nitrogens with zero attached hydrogens (tertiary/aromatic N) is 1. The van der Waals surface area contributed by atoms with Gasteiger partial charge in [-0.1, -0.05) is 39.8 Å². The van der Waals surface area contributed by atoms with E-state index in [0.29, 0.717) is 22.3 Å². The van der Waals surface area contributed by atoms with Gasteiger partial charge in [0, 0.05) is 16.6 Å². The summed E-state index contributed by atoms with van der Waals surface area (Å²) < 4.78 is 6.18. The SMILES string of the molecule is COc1ccccc1N=C1NC(=O)[C@@H](CC(=O)Nc2ccc(Br)cc2)S1. The fourth-order valence-electron chi connectivity index (χ4n) is 2.34. The van der Waals surface area contributed by atoms with Gasteiger partial charge >= 0.3 is 0 Å². The van der Waals surface area contributed by atoms with E-state index in [1.54, 1.807) is 31.4 Å². The number of ether oxygens (including phenoxy) is 1. The van der Waals surface area contributed by atoms with E-state index >= 15 is 0 Å². The highest BCUT2D eigenvalue weighted by atomic mass is 79.9. The lowest BCUT2D eigenvalue weighted by Gasteiger charge is -2.07. The van der Waals surface area contributed by atoms with Crippen molar-refractivity contribution in [2.75, 3.05) is 12.4 Å². The summed E-state index contributed by atoms with van der Waals surface area (Å²) in [6.07, 6.45) is 0.0670. The van der Waals surface area contributed by atoms with Crippen LogP contribution in [0.4, 0.5) is 11.4 Å². The normalized spacial score (nSPS) is 17.8. The number of anilines is 1. The molecule has 1 saturated heterocycles. The van der Waals surface area contributed by atoms with Crippen LogP contribution in [-0.2, 0) is 9.59 Å². The van der Waals surface area contributed by atoms with E-state index < -0.39 is 5.25 Å². The largest absolute Gasteiger partial charge is 0.494 e. The lowest BCUT2D eigenvalue weighted by Crippen LogP contribution is -2.28. The minimum atomic E-state index is -0.515. The van der Waals surface area contributed by atoms with Gasteiger partial charge in [0.2, 0.25) is 11.8 Å². The van der Waals surface area contributed by atoms with E-state index in [2.05, 4.69) is 31.6 Å². The van der Waals surface area contributed by atoms with Crippen LogP contribution in [0, 0.1) is 0 Å². The molecule has 0 bridgehead atoms. The first kappa shape index (κ1) is 18.5. The van der Waals surface area contributed by atoms with Crippen molar-refractivity contribution in [2.24, 2.45) is 4.99 Å². The van der Waals surface area contributed by atoms with Crippen molar-refractivity contribution in [3.63, 3.8) is 0 Å². The number of amidine groups is 1. The maximum absolute atomic E-state index is 12.2. The van der Waals surface area contributed by atoms with Crippen LogP contribution >= 0.6 is 27.7 Å². The number of para-hydroxylation sites is 2. The number of hydrogen-bond donors (Lipinski definition) is 2. The number of halogens is 1. The van der Waals surface area contributed by atoms with E-state index in [0.717, 1.165) is 4.47 Å². The molecule has 2 aromatic rings. The van der Waals surface area contributed by atoms with Crippen LogP contribution < -0.4 is 15.4 Å². The smallest absolute Gasteiger partial charge is 0.240 e. The van der Waals surface area contributed by atoms with Gasteiger partial charge in [0.15, 0.2) is 5.17 Å². The number of amides is 2. The predicted molar refractivity (Wildman–Crippen MR) is 107 cm³/mol. The Morgan fingerprint density at radius 3 is 2.73 bits per heavy atom. The number of nitrogens with one attached hydrogen (secondary N) is 2. The van der Waals surface area contributed by atoms with Crippen molar-refractivity contribution in [1.29, 1.82) is 0 Å². The average molecular weight is 434 g/mol. The molecule has 0 spiro atoms. The molecule has 1 heterocycles. The second-order valence-corrected chi connectivity index (χ2v) is 7.55. The molecular weight excluding hydrogens is 418 g/mol. The summed E-state index contributed by atoms with van der Waals surface area (Å²) in [6.45, 7) is 0. The zero-order chi connectivity index (χ0) is 18.5. The fraction of sp³-hybridized carbons (Fsp3) is 0.167. The lowest BCUT2D eigenvalue weighted by molar-refractivity contribution is -0.122. The third-order valence-corrected chi connectivity index (χ3v) is 5.19. The van der Waals surface area contributed by atoms with Gasteiger partial charge in [0.05, 0.1) is 7.11 Å². The van der Waals surface area contributed by atoms with Crippen LogP contribution in [0.5, 0.6) is 5.75 Å². The molecule has 0 radical (unpaired) electrons. The maximum atomic E-state index is 12.2. The van der Waals surface area contributed by atoms with Crippen LogP contribution in [-0.4, -0.2) is 29.3 Å². The first-order valence-electron chi connectivity index (χ1n) is 7.80. The molecule has 1 aliphatic heterocycles. The van der Waals surface area contributed by atoms with E-state index in [4.69, 9.17) is 4.74 Å². The van der Waals surface area contributed by atoms with Crippen LogP contribution in [0.25, 0.3) is 0 Å². The lowest BCUT2D eigenvalue weighted by atomic mass is 10.2. The number of carbonyl (C=O) groups is 2. The van der Waals surface area contributed by atoms with E-state index in [1.807, 2.05) is 24.3 Å². The quantitative estimate of drug-likeness (QED) is 0.752. The highest BCUT2D eigenvalue weighted by Crippen LogP contribution is 2.30. The molecule has 26 heavy (non-hydrogen) atoms. The third kappa shape index (κ3) is 4.64. The molecule has 1 fully saturated rings. The van der Waals surface area contributed by atoms with Crippen LogP contribution in [0.1, 0.15) is 6.42 Å². The molecule has 2 amide bonds. The van der Waals surface area contributed by atoms with Crippen molar-refractivity contribution in [3.05, 3.63) is 53.0 Å². The zero-order valence-corrected chi connectivity index (χ0v) is 16.3. The Bertz CT molecular complexity index is 855. The minimum absolute atomic E-state index is 0.0670. The van der Waals surface area contributed by atoms with E-state index in [1.165, 1.54) is 11.8 Å². The molecule has 2 aromatic carbocycles. The molecule has 3 rings (SSSR count). The standard InChI is InChI=1S/C18H16BrN3O3S/c1-25-14-5-3-2-4-13(14)21-18-22-17(24)15(26-18)10-16(23)20-12-8-6-11(19)7-9-12/h2-9,15H,10H2,1H3,(H,20,23)(H,21,22,24)/t15-/m1/s1. The van der Waals surface area contributed by atoms with Gasteiger partial charge in [-0.05, 0) is 36.4 Å². The summed E-state index contributed by atoms with van der Waals surface area (Å²) in [6, 6.07) is 14.5. The van der Waals surface area contributed by atoms with Gasteiger partial charge in [0.25, 0.3) is 0 Å². The Labute approximate surface area is 163 Å². The molecule has 2 N–H and O–H groups in total. The van der Waals surface area contributed by atoms with Crippen LogP contribution in [0.3, 0.4) is 0 Å². The van der Waals surface area contributed by atoms with Crippen molar-refractivity contribution in [3.8, 4) is 5.75 Å². The van der Waals surface area contributed by atoms with Gasteiger partial charge in [-0.25, -0.2) is 4.99 Å². The summed E-state index contributed by atoms with van der Waals surface area (Å²) >= 11 is 4.58. The summed E-state index contributed by atoms with van der Waals surface area (Å²) in [4.78, 5) is 28.7. The van der Waals surface area contributed by atoms with Crippen molar-refractivity contribution in [1.82, 2.24) is 5.32 Å². The third-order valence-electron chi connectivity index (χ3n) is 3.58. The highest BCUT2D eigenvalue weighted by molar-refractivity contribution is 9.10. The van der Waals surface area contributed by atoms with Crippen molar-refractivity contribution in [2.45, 2.75) is 11.7 Å². The van der Waals surface area contributed by atoms with Gasteiger partial charge in [0.1, 0.15) is 16.7 Å². The molecule has 0 saturated carbocycles. The van der Waals surface area contributed by atoms with Crippen LogP contribution in [0.15, 0.2) is 58.0 Å². The van der Waals surface area contributed by atoms with E-state index in [9.17, 15) is 9.59 Å². The first-order chi connectivity index (χ1) is 12.5. The number of thioether (sulfide) groups is 1. The summed E-state index contributed by atoms with van der Waals surface area (Å²) in [5.41, 5.74) is 1.31. The Hall–Kier alpha value is -2.32. The minimum Gasteiger partial charge on any atom is -0.494 e. The molecule has 6 nitrogen and oxygen atoms in total. The van der Waals surface area contributed by atoms with Gasteiger partial charge in [-0.3, -0.25) is 9.59 Å². The topological polar surface area (TPSA) is 79.8 Å². The Morgan fingerprint density at radius 2 is 2.00 bits per heavy atom. The second-order valence-electron chi connectivity index (χ2n) is 5.44. The fourth-order valence-corrected chi connectivity index (χ4v) is 3.58. The molecular formula is C18H16BrN3O3S. The number of carbonyl (C=O) groups excluding carboxylic acids is 2. The maximum Gasteiger partial charge on any atom is 0.240 e. The monoisotopic (exact) mass is 433 g/mol. The molecule has 0 aliphatic carbocycles. The average Bonchev–Trinajstić information content (AvgIpc) is 2.96. The van der Waals surface area contributed by atoms with Gasteiger partial charge in [-0.15, -0.1) is 0 Å².